The summed E-state index contributed by atoms with van der Waals surface area (Å²) in [4.78, 5) is 17.2. The van der Waals surface area contributed by atoms with E-state index in [9.17, 15) is 13.2 Å². The van der Waals surface area contributed by atoms with Crippen molar-refractivity contribution in [1.82, 2.24) is 9.29 Å². The number of anilines is 1. The minimum Gasteiger partial charge on any atom is -0.298 e. The molecule has 1 amide bonds. The molecular weight excluding hydrogens is 489 g/mol. The van der Waals surface area contributed by atoms with Crippen molar-refractivity contribution in [2.24, 2.45) is 0 Å². The van der Waals surface area contributed by atoms with Crippen LogP contribution in [0.5, 0.6) is 0 Å². The number of hydrogen-bond acceptors (Lipinski definition) is 5. The average Bonchev–Trinajstić information content (AvgIpc) is 3.24. The lowest BCUT2D eigenvalue weighted by molar-refractivity contribution is 0.102. The van der Waals surface area contributed by atoms with E-state index in [1.165, 1.54) is 35.6 Å². The van der Waals surface area contributed by atoms with E-state index in [1.807, 2.05) is 12.3 Å². The monoisotopic (exact) mass is 509 g/mol. The third kappa shape index (κ3) is 4.84. The van der Waals surface area contributed by atoms with Crippen LogP contribution >= 0.6 is 34.5 Å². The summed E-state index contributed by atoms with van der Waals surface area (Å²) in [5.74, 6) is -0.365. The Labute approximate surface area is 201 Å². The number of nitrogens with one attached hydrogen (secondary N) is 1. The molecule has 32 heavy (non-hydrogen) atoms. The van der Waals surface area contributed by atoms with Gasteiger partial charge in [0.05, 0.1) is 20.6 Å². The number of thiazole rings is 1. The molecule has 0 bridgehead atoms. The lowest BCUT2D eigenvalue weighted by Gasteiger charge is -2.32. The number of benzene rings is 2. The SMILES string of the molecule is CC1CCCCN1S(=O)(=O)c1ccc(C(=O)Nc2nc(-c3ccc(Cl)c(Cl)c3)cs2)cc1. The molecule has 0 saturated carbocycles. The summed E-state index contributed by atoms with van der Waals surface area (Å²) in [5, 5.41) is 5.87. The Hall–Kier alpha value is -1.97. The van der Waals surface area contributed by atoms with E-state index in [-0.39, 0.29) is 16.8 Å². The molecule has 1 unspecified atom stereocenters. The number of rotatable bonds is 5. The van der Waals surface area contributed by atoms with E-state index in [4.69, 9.17) is 23.2 Å². The highest BCUT2D eigenvalue weighted by Crippen LogP contribution is 2.31. The molecule has 0 radical (unpaired) electrons. The molecular formula is C22H21Cl2N3O3S2. The number of sulfonamides is 1. The Morgan fingerprint density at radius 3 is 2.56 bits per heavy atom. The largest absolute Gasteiger partial charge is 0.298 e. The van der Waals surface area contributed by atoms with Crippen LogP contribution in [-0.4, -0.2) is 36.2 Å². The first-order chi connectivity index (χ1) is 15.3. The number of piperidine rings is 1. The highest BCUT2D eigenvalue weighted by Gasteiger charge is 2.30. The predicted octanol–water partition coefficient (Wildman–Crippen LogP) is 5.93. The van der Waals surface area contributed by atoms with Gasteiger partial charge in [0.1, 0.15) is 0 Å². The van der Waals surface area contributed by atoms with Crippen LogP contribution in [0.4, 0.5) is 5.13 Å². The molecule has 3 aromatic rings. The van der Waals surface area contributed by atoms with Crippen LogP contribution in [0.15, 0.2) is 52.7 Å². The van der Waals surface area contributed by atoms with E-state index in [1.54, 1.807) is 22.5 Å². The zero-order chi connectivity index (χ0) is 22.9. The normalized spacial score (nSPS) is 17.3. The second kappa shape index (κ2) is 9.49. The van der Waals surface area contributed by atoms with Crippen molar-refractivity contribution in [2.75, 3.05) is 11.9 Å². The molecule has 1 saturated heterocycles. The second-order valence-electron chi connectivity index (χ2n) is 7.61. The summed E-state index contributed by atoms with van der Waals surface area (Å²) in [6.45, 7) is 2.45. The molecule has 6 nitrogen and oxygen atoms in total. The van der Waals surface area contributed by atoms with Gasteiger partial charge in [0.2, 0.25) is 10.0 Å². The lowest BCUT2D eigenvalue weighted by Crippen LogP contribution is -2.41. The maximum absolute atomic E-state index is 13.0. The number of nitrogens with zero attached hydrogens (tertiary/aromatic N) is 2. The van der Waals surface area contributed by atoms with Crippen LogP contribution in [0, 0.1) is 0 Å². The number of amides is 1. The fraction of sp³-hybridized carbons (Fsp3) is 0.273. The maximum atomic E-state index is 13.0. The highest BCUT2D eigenvalue weighted by atomic mass is 35.5. The Morgan fingerprint density at radius 1 is 1.12 bits per heavy atom. The number of carbonyl (C=O) groups excluding carboxylic acids is 1. The standard InChI is InChI=1S/C22H21Cl2N3O3S2/c1-14-4-2-3-11-27(14)32(29,30)17-8-5-15(6-9-17)21(28)26-22-25-20(13-31-22)16-7-10-18(23)19(24)12-16/h5-10,12-14H,2-4,11H2,1H3,(H,25,26,28). The quantitative estimate of drug-likeness (QED) is 0.461. The summed E-state index contributed by atoms with van der Waals surface area (Å²) in [5.41, 5.74) is 1.81. The maximum Gasteiger partial charge on any atom is 0.257 e. The van der Waals surface area contributed by atoms with Gasteiger partial charge in [-0.05, 0) is 56.2 Å². The lowest BCUT2D eigenvalue weighted by atomic mass is 10.1. The average molecular weight is 510 g/mol. The van der Waals surface area contributed by atoms with Crippen LogP contribution in [-0.2, 0) is 10.0 Å². The molecule has 1 fully saturated rings. The molecule has 168 valence electrons. The number of halogens is 2. The van der Waals surface area contributed by atoms with Gasteiger partial charge in [-0.1, -0.05) is 35.7 Å². The number of hydrogen-bond donors (Lipinski definition) is 1. The van der Waals surface area contributed by atoms with Gasteiger partial charge in [0.25, 0.3) is 5.91 Å². The third-order valence-corrected chi connectivity index (χ3v) is 8.93. The molecule has 4 rings (SSSR count). The van der Waals surface area contributed by atoms with Crippen molar-refractivity contribution in [3.05, 3.63) is 63.5 Å². The van der Waals surface area contributed by atoms with Crippen molar-refractivity contribution in [1.29, 1.82) is 0 Å². The molecule has 1 aliphatic rings. The van der Waals surface area contributed by atoms with Crippen LogP contribution < -0.4 is 5.32 Å². The van der Waals surface area contributed by atoms with E-state index in [0.717, 1.165) is 24.8 Å². The highest BCUT2D eigenvalue weighted by molar-refractivity contribution is 7.89. The summed E-state index contributed by atoms with van der Waals surface area (Å²) in [6, 6.07) is 11.2. The smallest absolute Gasteiger partial charge is 0.257 e. The summed E-state index contributed by atoms with van der Waals surface area (Å²) < 4.78 is 27.5. The van der Waals surface area contributed by atoms with Crippen LogP contribution in [0.2, 0.25) is 10.0 Å². The molecule has 1 atom stereocenters. The van der Waals surface area contributed by atoms with Crippen molar-refractivity contribution >= 4 is 55.6 Å². The minimum atomic E-state index is -3.58. The van der Waals surface area contributed by atoms with Gasteiger partial charge in [-0.25, -0.2) is 13.4 Å². The molecule has 1 aromatic heterocycles. The molecule has 2 heterocycles. The Balaban J connectivity index is 1.46. The van der Waals surface area contributed by atoms with Gasteiger partial charge >= 0.3 is 0 Å². The first-order valence-corrected chi connectivity index (χ1v) is 13.2. The molecule has 0 aliphatic carbocycles. The first kappa shape index (κ1) is 23.2. The minimum absolute atomic E-state index is 0.0219. The fourth-order valence-corrected chi connectivity index (χ4v) is 6.34. The van der Waals surface area contributed by atoms with Gasteiger partial charge in [-0.2, -0.15) is 4.31 Å². The van der Waals surface area contributed by atoms with E-state index < -0.39 is 10.0 Å². The zero-order valence-corrected chi connectivity index (χ0v) is 20.4. The van der Waals surface area contributed by atoms with Gasteiger partial charge in [-0.3, -0.25) is 10.1 Å². The number of carbonyl (C=O) groups is 1. The molecule has 10 heteroatoms. The fourth-order valence-electron chi connectivity index (χ4n) is 3.63. The van der Waals surface area contributed by atoms with Crippen molar-refractivity contribution in [3.8, 4) is 11.3 Å². The van der Waals surface area contributed by atoms with Gasteiger partial charge in [-0.15, -0.1) is 11.3 Å². The Morgan fingerprint density at radius 2 is 1.88 bits per heavy atom. The Kier molecular flexibility index (Phi) is 6.88. The topological polar surface area (TPSA) is 79.4 Å². The molecule has 1 N–H and O–H groups in total. The van der Waals surface area contributed by atoms with Crippen molar-refractivity contribution < 1.29 is 13.2 Å². The third-order valence-electron chi connectivity index (χ3n) is 5.41. The number of aromatic nitrogens is 1. The van der Waals surface area contributed by atoms with Gasteiger partial charge in [0, 0.05) is 29.1 Å². The van der Waals surface area contributed by atoms with Crippen LogP contribution in [0.1, 0.15) is 36.5 Å². The predicted molar refractivity (Wildman–Crippen MR) is 129 cm³/mol. The summed E-state index contributed by atoms with van der Waals surface area (Å²) >= 11 is 13.3. The van der Waals surface area contributed by atoms with Crippen molar-refractivity contribution in [2.45, 2.75) is 37.1 Å². The molecule has 1 aliphatic heterocycles. The summed E-state index contributed by atoms with van der Waals surface area (Å²) in [7, 11) is -3.58. The summed E-state index contributed by atoms with van der Waals surface area (Å²) in [6.07, 6.45) is 2.76. The second-order valence-corrected chi connectivity index (χ2v) is 11.2. The van der Waals surface area contributed by atoms with E-state index >= 15 is 0 Å². The van der Waals surface area contributed by atoms with E-state index in [2.05, 4.69) is 10.3 Å². The van der Waals surface area contributed by atoms with E-state index in [0.29, 0.717) is 33.0 Å². The van der Waals surface area contributed by atoms with Crippen molar-refractivity contribution in [3.63, 3.8) is 0 Å². The van der Waals surface area contributed by atoms with Gasteiger partial charge in [0.15, 0.2) is 5.13 Å². The Bertz CT molecular complexity index is 1240. The first-order valence-electron chi connectivity index (χ1n) is 10.1. The van der Waals surface area contributed by atoms with Gasteiger partial charge < -0.3 is 0 Å². The molecule has 2 aromatic carbocycles. The molecule has 0 spiro atoms. The zero-order valence-electron chi connectivity index (χ0n) is 17.2. The van der Waals surface area contributed by atoms with Crippen LogP contribution in [0.25, 0.3) is 11.3 Å². The van der Waals surface area contributed by atoms with Crippen LogP contribution in [0.3, 0.4) is 0 Å².